The van der Waals surface area contributed by atoms with Crippen molar-refractivity contribution in [3.8, 4) is 17.4 Å². The van der Waals surface area contributed by atoms with E-state index in [0.29, 0.717) is 11.6 Å². The Morgan fingerprint density at radius 3 is 2.57 bits per heavy atom. The van der Waals surface area contributed by atoms with Crippen LogP contribution in [0.4, 0.5) is 0 Å². The van der Waals surface area contributed by atoms with Crippen molar-refractivity contribution in [1.29, 1.82) is 0 Å². The first-order chi connectivity index (χ1) is 10.2. The maximum Gasteiger partial charge on any atom is 0.219 e. The normalized spacial score (nSPS) is 10.5. The SMILES string of the molecule is CCc1ccc(Oc2cc(CNC)cc(C)n2)c(OC)c1. The summed E-state index contributed by atoms with van der Waals surface area (Å²) in [7, 11) is 3.57. The maximum absolute atomic E-state index is 5.90. The van der Waals surface area contributed by atoms with E-state index in [1.807, 2.05) is 44.3 Å². The number of nitrogens with zero attached hydrogens (tertiary/aromatic N) is 1. The van der Waals surface area contributed by atoms with Crippen molar-refractivity contribution in [2.75, 3.05) is 14.2 Å². The average Bonchev–Trinajstić information content (AvgIpc) is 2.47. The molecule has 112 valence electrons. The summed E-state index contributed by atoms with van der Waals surface area (Å²) >= 11 is 0. The van der Waals surface area contributed by atoms with E-state index in [4.69, 9.17) is 9.47 Å². The summed E-state index contributed by atoms with van der Waals surface area (Å²) < 4.78 is 11.3. The summed E-state index contributed by atoms with van der Waals surface area (Å²) in [5.41, 5.74) is 3.29. The number of aromatic nitrogens is 1. The fourth-order valence-corrected chi connectivity index (χ4v) is 2.19. The first kappa shape index (κ1) is 15.3. The van der Waals surface area contributed by atoms with Gasteiger partial charge in [0.2, 0.25) is 5.88 Å². The molecule has 4 nitrogen and oxygen atoms in total. The number of hydrogen-bond donors (Lipinski definition) is 1. The van der Waals surface area contributed by atoms with Crippen LogP contribution in [0, 0.1) is 6.92 Å². The van der Waals surface area contributed by atoms with Gasteiger partial charge in [-0.1, -0.05) is 13.0 Å². The fourth-order valence-electron chi connectivity index (χ4n) is 2.19. The molecule has 4 heteroatoms. The van der Waals surface area contributed by atoms with E-state index in [9.17, 15) is 0 Å². The number of pyridine rings is 1. The molecule has 0 amide bonds. The number of benzene rings is 1. The molecule has 0 bridgehead atoms. The number of aryl methyl sites for hydroxylation is 2. The number of methoxy groups -OCH3 is 1. The summed E-state index contributed by atoms with van der Waals surface area (Å²) in [6, 6.07) is 9.96. The quantitative estimate of drug-likeness (QED) is 0.883. The molecule has 1 aromatic heterocycles. The Balaban J connectivity index is 2.29. The minimum atomic E-state index is 0.586. The third-order valence-corrected chi connectivity index (χ3v) is 3.22. The highest BCUT2D eigenvalue weighted by Gasteiger charge is 2.08. The molecule has 1 aromatic carbocycles. The highest BCUT2D eigenvalue weighted by atomic mass is 16.5. The van der Waals surface area contributed by atoms with Crippen molar-refractivity contribution < 1.29 is 9.47 Å². The van der Waals surface area contributed by atoms with Gasteiger partial charge in [0.25, 0.3) is 0 Å². The van der Waals surface area contributed by atoms with E-state index in [2.05, 4.69) is 17.2 Å². The zero-order valence-corrected chi connectivity index (χ0v) is 13.1. The molecule has 1 heterocycles. The van der Waals surface area contributed by atoms with Gasteiger partial charge in [-0.3, -0.25) is 0 Å². The lowest BCUT2D eigenvalue weighted by Gasteiger charge is -2.12. The van der Waals surface area contributed by atoms with Crippen LogP contribution in [0.5, 0.6) is 17.4 Å². The number of ether oxygens (including phenoxy) is 2. The molecular formula is C17H22N2O2. The predicted octanol–water partition coefficient (Wildman–Crippen LogP) is 3.47. The molecular weight excluding hydrogens is 264 g/mol. The van der Waals surface area contributed by atoms with Crippen molar-refractivity contribution in [1.82, 2.24) is 10.3 Å². The van der Waals surface area contributed by atoms with Crippen LogP contribution < -0.4 is 14.8 Å². The standard InChI is InChI=1S/C17H22N2O2/c1-5-13-6-7-15(16(9-13)20-4)21-17-10-14(11-18-3)8-12(2)19-17/h6-10,18H,5,11H2,1-4H3. The summed E-state index contributed by atoms with van der Waals surface area (Å²) in [5.74, 6) is 2.00. The maximum atomic E-state index is 5.90. The van der Waals surface area contributed by atoms with Gasteiger partial charge in [0.05, 0.1) is 7.11 Å². The van der Waals surface area contributed by atoms with E-state index in [-0.39, 0.29) is 0 Å². The number of rotatable bonds is 6. The van der Waals surface area contributed by atoms with Crippen LogP contribution in [-0.2, 0) is 13.0 Å². The van der Waals surface area contributed by atoms with Gasteiger partial charge in [-0.05, 0) is 49.7 Å². The van der Waals surface area contributed by atoms with Crippen molar-refractivity contribution in [3.05, 3.63) is 47.2 Å². The van der Waals surface area contributed by atoms with Gasteiger partial charge in [-0.25, -0.2) is 4.98 Å². The van der Waals surface area contributed by atoms with Crippen LogP contribution in [0.25, 0.3) is 0 Å². The second-order valence-electron chi connectivity index (χ2n) is 4.93. The summed E-state index contributed by atoms with van der Waals surface area (Å²) in [6.07, 6.45) is 0.964. The van der Waals surface area contributed by atoms with Gasteiger partial charge in [0.1, 0.15) is 0 Å². The molecule has 2 aromatic rings. The van der Waals surface area contributed by atoms with E-state index < -0.39 is 0 Å². The monoisotopic (exact) mass is 286 g/mol. The molecule has 1 N–H and O–H groups in total. The molecule has 0 aliphatic heterocycles. The topological polar surface area (TPSA) is 43.4 Å². The largest absolute Gasteiger partial charge is 0.493 e. The van der Waals surface area contributed by atoms with Gasteiger partial charge in [0, 0.05) is 18.3 Å². The highest BCUT2D eigenvalue weighted by Crippen LogP contribution is 2.32. The second kappa shape index (κ2) is 7.09. The molecule has 0 aliphatic rings. The molecule has 0 fully saturated rings. The van der Waals surface area contributed by atoms with Crippen molar-refractivity contribution in [3.63, 3.8) is 0 Å². The fraction of sp³-hybridized carbons (Fsp3) is 0.353. The lowest BCUT2D eigenvalue weighted by Crippen LogP contribution is -2.06. The minimum absolute atomic E-state index is 0.586. The van der Waals surface area contributed by atoms with Gasteiger partial charge >= 0.3 is 0 Å². The van der Waals surface area contributed by atoms with Crippen LogP contribution in [0.2, 0.25) is 0 Å². The Labute approximate surface area is 126 Å². The van der Waals surface area contributed by atoms with Crippen molar-refractivity contribution in [2.45, 2.75) is 26.8 Å². The molecule has 0 spiro atoms. The first-order valence-corrected chi connectivity index (χ1v) is 7.13. The predicted molar refractivity (Wildman–Crippen MR) is 84.2 cm³/mol. The first-order valence-electron chi connectivity index (χ1n) is 7.13. The molecule has 0 atom stereocenters. The van der Waals surface area contributed by atoms with Crippen LogP contribution in [0.15, 0.2) is 30.3 Å². The number of hydrogen-bond acceptors (Lipinski definition) is 4. The van der Waals surface area contributed by atoms with Crippen molar-refractivity contribution >= 4 is 0 Å². The molecule has 0 unspecified atom stereocenters. The van der Waals surface area contributed by atoms with Gasteiger partial charge in [0.15, 0.2) is 11.5 Å². The van der Waals surface area contributed by atoms with E-state index in [0.717, 1.165) is 30.0 Å². The van der Waals surface area contributed by atoms with Gasteiger partial charge < -0.3 is 14.8 Å². The lowest BCUT2D eigenvalue weighted by atomic mass is 10.1. The Morgan fingerprint density at radius 1 is 1.10 bits per heavy atom. The van der Waals surface area contributed by atoms with E-state index in [1.165, 1.54) is 5.56 Å². The minimum Gasteiger partial charge on any atom is -0.493 e. The third-order valence-electron chi connectivity index (χ3n) is 3.22. The Morgan fingerprint density at radius 2 is 1.90 bits per heavy atom. The van der Waals surface area contributed by atoms with Crippen LogP contribution >= 0.6 is 0 Å². The molecule has 2 rings (SSSR count). The zero-order valence-electron chi connectivity index (χ0n) is 13.1. The summed E-state index contributed by atoms with van der Waals surface area (Å²) in [4.78, 5) is 4.42. The Kier molecular flexibility index (Phi) is 5.17. The van der Waals surface area contributed by atoms with E-state index in [1.54, 1.807) is 7.11 Å². The Hall–Kier alpha value is -2.07. The molecule has 0 radical (unpaired) electrons. The summed E-state index contributed by atoms with van der Waals surface area (Å²) in [6.45, 7) is 4.86. The molecule has 0 aliphatic carbocycles. The molecule has 0 saturated carbocycles. The number of nitrogens with one attached hydrogen (secondary N) is 1. The third kappa shape index (κ3) is 3.95. The van der Waals surface area contributed by atoms with Gasteiger partial charge in [-0.2, -0.15) is 0 Å². The highest BCUT2D eigenvalue weighted by molar-refractivity contribution is 5.45. The average molecular weight is 286 g/mol. The van der Waals surface area contributed by atoms with Crippen molar-refractivity contribution in [2.24, 2.45) is 0 Å². The van der Waals surface area contributed by atoms with Crippen LogP contribution in [0.3, 0.4) is 0 Å². The lowest BCUT2D eigenvalue weighted by molar-refractivity contribution is 0.373. The van der Waals surface area contributed by atoms with Crippen LogP contribution in [-0.4, -0.2) is 19.1 Å². The molecule has 0 saturated heterocycles. The summed E-state index contributed by atoms with van der Waals surface area (Å²) in [5, 5.41) is 3.13. The van der Waals surface area contributed by atoms with Crippen LogP contribution in [0.1, 0.15) is 23.7 Å². The smallest absolute Gasteiger partial charge is 0.219 e. The molecule has 21 heavy (non-hydrogen) atoms. The van der Waals surface area contributed by atoms with E-state index >= 15 is 0 Å². The van der Waals surface area contributed by atoms with Gasteiger partial charge in [-0.15, -0.1) is 0 Å². The second-order valence-corrected chi connectivity index (χ2v) is 4.93. The zero-order chi connectivity index (χ0) is 15.2. The Bertz CT molecular complexity index is 612.